The van der Waals surface area contributed by atoms with Gasteiger partial charge in [-0.05, 0) is 43.3 Å². The van der Waals surface area contributed by atoms with Gasteiger partial charge in [0.2, 0.25) is 0 Å². The van der Waals surface area contributed by atoms with Gasteiger partial charge in [-0.1, -0.05) is 18.2 Å². The Morgan fingerprint density at radius 2 is 1.62 bits per heavy atom. The molecule has 0 saturated carbocycles. The van der Waals surface area contributed by atoms with E-state index in [4.69, 9.17) is 4.74 Å². The van der Waals surface area contributed by atoms with Crippen molar-refractivity contribution in [2.75, 3.05) is 33.0 Å². The number of nitrogens with zero attached hydrogens (tertiary/aromatic N) is 1. The van der Waals surface area contributed by atoms with E-state index in [9.17, 15) is 9.59 Å². The first-order chi connectivity index (χ1) is 12.4. The van der Waals surface area contributed by atoms with Gasteiger partial charge in [0.25, 0.3) is 11.8 Å². The minimum absolute atomic E-state index is 0.00966. The monoisotopic (exact) mass is 356 g/mol. The van der Waals surface area contributed by atoms with Gasteiger partial charge in [0, 0.05) is 19.8 Å². The summed E-state index contributed by atoms with van der Waals surface area (Å²) in [6.07, 6.45) is 0. The lowest BCUT2D eigenvalue weighted by Crippen LogP contribution is -3.15. The Bertz CT molecular complexity index is 730. The van der Waals surface area contributed by atoms with Gasteiger partial charge >= 0.3 is 0 Å². The van der Waals surface area contributed by atoms with Crippen molar-refractivity contribution in [1.82, 2.24) is 4.90 Å². The number of para-hydroxylation sites is 1. The molecule has 0 fully saturated rings. The molecule has 138 valence electrons. The average molecular weight is 356 g/mol. The minimum Gasteiger partial charge on any atom is -0.457 e. The topological polar surface area (TPSA) is 63.1 Å². The standard InChI is InChI=1S/C20H25N3O3/c1-15(23(4)14-19(24)22(2)3)20(25)21-16-10-12-18(13-11-16)26-17-8-6-5-7-9-17/h5-13,15H,14H2,1-4H3,(H,21,25)/p+1/t15-/m0/s1. The molecule has 1 unspecified atom stereocenters. The SMILES string of the molecule is C[C@@H](C(=O)Nc1ccc(Oc2ccccc2)cc1)[NH+](C)CC(=O)N(C)C. The van der Waals surface area contributed by atoms with Gasteiger partial charge in [-0.2, -0.15) is 0 Å². The van der Waals surface area contributed by atoms with E-state index in [1.54, 1.807) is 45.3 Å². The highest BCUT2D eigenvalue weighted by Crippen LogP contribution is 2.22. The molecule has 26 heavy (non-hydrogen) atoms. The number of carbonyl (C=O) groups is 2. The number of likely N-dealkylation sites (N-methyl/N-ethyl adjacent to an activating group) is 2. The fourth-order valence-corrected chi connectivity index (χ4v) is 2.25. The Hall–Kier alpha value is -2.86. The summed E-state index contributed by atoms with van der Waals surface area (Å²) in [4.78, 5) is 26.5. The van der Waals surface area contributed by atoms with E-state index in [2.05, 4.69) is 5.32 Å². The van der Waals surface area contributed by atoms with Crippen molar-refractivity contribution in [1.29, 1.82) is 0 Å². The van der Waals surface area contributed by atoms with E-state index < -0.39 is 0 Å². The van der Waals surface area contributed by atoms with Crippen LogP contribution in [0.2, 0.25) is 0 Å². The fourth-order valence-electron chi connectivity index (χ4n) is 2.25. The van der Waals surface area contributed by atoms with Crippen LogP contribution in [-0.4, -0.2) is 50.4 Å². The first kappa shape index (κ1) is 19.5. The number of rotatable bonds is 7. The molecule has 2 aromatic rings. The molecule has 2 rings (SSSR count). The molecule has 2 amide bonds. The summed E-state index contributed by atoms with van der Waals surface area (Å²) in [5.41, 5.74) is 0.689. The van der Waals surface area contributed by atoms with Gasteiger partial charge in [0.15, 0.2) is 12.6 Å². The third-order valence-corrected chi connectivity index (χ3v) is 4.16. The molecule has 2 aromatic carbocycles. The van der Waals surface area contributed by atoms with Crippen molar-refractivity contribution in [3.8, 4) is 11.5 Å². The van der Waals surface area contributed by atoms with E-state index in [1.807, 2.05) is 37.4 Å². The number of benzene rings is 2. The number of nitrogens with one attached hydrogen (secondary N) is 2. The van der Waals surface area contributed by atoms with Crippen molar-refractivity contribution in [3.05, 3.63) is 54.6 Å². The maximum atomic E-state index is 12.4. The summed E-state index contributed by atoms with van der Waals surface area (Å²) in [6.45, 7) is 2.08. The van der Waals surface area contributed by atoms with Crippen molar-refractivity contribution < 1.29 is 19.2 Å². The Kier molecular flexibility index (Phi) is 6.74. The predicted molar refractivity (Wildman–Crippen MR) is 101 cm³/mol. The van der Waals surface area contributed by atoms with Crippen LogP contribution < -0.4 is 15.0 Å². The third kappa shape index (κ3) is 5.60. The molecule has 0 heterocycles. The molecule has 0 radical (unpaired) electrons. The highest BCUT2D eigenvalue weighted by molar-refractivity contribution is 5.93. The predicted octanol–water partition coefficient (Wildman–Crippen LogP) is 1.41. The van der Waals surface area contributed by atoms with E-state index in [0.717, 1.165) is 10.6 Å². The third-order valence-electron chi connectivity index (χ3n) is 4.16. The number of hydrogen-bond acceptors (Lipinski definition) is 3. The second kappa shape index (κ2) is 9.01. The van der Waals surface area contributed by atoms with E-state index in [0.29, 0.717) is 11.4 Å². The number of amides is 2. The summed E-state index contributed by atoms with van der Waals surface area (Å²) in [7, 11) is 5.25. The maximum Gasteiger partial charge on any atom is 0.282 e. The molecule has 0 saturated heterocycles. The minimum atomic E-state index is -0.348. The van der Waals surface area contributed by atoms with E-state index in [-0.39, 0.29) is 24.4 Å². The van der Waals surface area contributed by atoms with Crippen molar-refractivity contribution in [2.24, 2.45) is 0 Å². The van der Waals surface area contributed by atoms with Crippen LogP contribution in [0, 0.1) is 0 Å². The fraction of sp³-hybridized carbons (Fsp3) is 0.300. The average Bonchev–Trinajstić information content (AvgIpc) is 2.63. The first-order valence-electron chi connectivity index (χ1n) is 8.53. The summed E-state index contributed by atoms with van der Waals surface area (Å²) in [6, 6.07) is 16.4. The Morgan fingerprint density at radius 3 is 2.19 bits per heavy atom. The summed E-state index contributed by atoms with van der Waals surface area (Å²) in [5, 5.41) is 2.88. The van der Waals surface area contributed by atoms with Crippen molar-refractivity contribution in [2.45, 2.75) is 13.0 Å². The first-order valence-corrected chi connectivity index (χ1v) is 8.53. The molecule has 2 N–H and O–H groups in total. The molecule has 6 nitrogen and oxygen atoms in total. The number of carbonyl (C=O) groups excluding carboxylic acids is 2. The van der Waals surface area contributed by atoms with Crippen LogP contribution in [0.1, 0.15) is 6.92 Å². The quantitative estimate of drug-likeness (QED) is 0.788. The summed E-state index contributed by atoms with van der Waals surface area (Å²) < 4.78 is 5.73. The molecular formula is C20H26N3O3+. The van der Waals surface area contributed by atoms with Gasteiger partial charge in [0.1, 0.15) is 11.5 Å². The van der Waals surface area contributed by atoms with Crippen LogP contribution in [0.5, 0.6) is 11.5 Å². The molecule has 0 aliphatic rings. The van der Waals surface area contributed by atoms with Gasteiger partial charge < -0.3 is 19.9 Å². The number of ether oxygens (including phenoxy) is 1. The molecule has 0 aliphatic heterocycles. The Morgan fingerprint density at radius 1 is 1.04 bits per heavy atom. The molecule has 0 bridgehead atoms. The van der Waals surface area contributed by atoms with Gasteiger partial charge in [0.05, 0.1) is 7.05 Å². The molecule has 6 heteroatoms. The van der Waals surface area contributed by atoms with Crippen LogP contribution in [0.15, 0.2) is 54.6 Å². The molecule has 0 aromatic heterocycles. The largest absolute Gasteiger partial charge is 0.457 e. The van der Waals surface area contributed by atoms with Crippen LogP contribution >= 0.6 is 0 Å². The van der Waals surface area contributed by atoms with Crippen LogP contribution in [0.25, 0.3) is 0 Å². The molecule has 0 spiro atoms. The summed E-state index contributed by atoms with van der Waals surface area (Å²) in [5.74, 6) is 1.31. The lowest BCUT2D eigenvalue weighted by molar-refractivity contribution is -0.886. The smallest absolute Gasteiger partial charge is 0.282 e. The normalized spacial score (nSPS) is 12.8. The highest BCUT2D eigenvalue weighted by Gasteiger charge is 2.24. The second-order valence-corrected chi connectivity index (χ2v) is 6.46. The number of hydrogen-bond donors (Lipinski definition) is 2. The van der Waals surface area contributed by atoms with E-state index in [1.165, 1.54) is 4.90 Å². The van der Waals surface area contributed by atoms with Crippen molar-refractivity contribution >= 4 is 17.5 Å². The number of anilines is 1. The van der Waals surface area contributed by atoms with Gasteiger partial charge in [-0.3, -0.25) is 9.59 Å². The van der Waals surface area contributed by atoms with E-state index >= 15 is 0 Å². The molecular weight excluding hydrogens is 330 g/mol. The Labute approximate surface area is 154 Å². The number of quaternary nitrogens is 1. The van der Waals surface area contributed by atoms with Gasteiger partial charge in [-0.15, -0.1) is 0 Å². The van der Waals surface area contributed by atoms with Crippen LogP contribution in [-0.2, 0) is 9.59 Å². The highest BCUT2D eigenvalue weighted by atomic mass is 16.5. The van der Waals surface area contributed by atoms with Crippen LogP contribution in [0.3, 0.4) is 0 Å². The zero-order chi connectivity index (χ0) is 19.1. The maximum absolute atomic E-state index is 12.4. The second-order valence-electron chi connectivity index (χ2n) is 6.46. The van der Waals surface area contributed by atoms with Crippen molar-refractivity contribution in [3.63, 3.8) is 0 Å². The lowest BCUT2D eigenvalue weighted by Gasteiger charge is -2.22. The Balaban J connectivity index is 1.91. The lowest BCUT2D eigenvalue weighted by atomic mass is 10.2. The molecule has 2 atom stereocenters. The molecule has 0 aliphatic carbocycles. The summed E-state index contributed by atoms with van der Waals surface area (Å²) >= 11 is 0. The van der Waals surface area contributed by atoms with Crippen LogP contribution in [0.4, 0.5) is 5.69 Å². The zero-order valence-corrected chi connectivity index (χ0v) is 15.7. The zero-order valence-electron chi connectivity index (χ0n) is 15.7. The van der Waals surface area contributed by atoms with Gasteiger partial charge in [-0.25, -0.2) is 0 Å².